The number of nitrogens with zero attached hydrogens (tertiary/aromatic N) is 2. The van der Waals surface area contributed by atoms with Crippen LogP contribution >= 0.6 is 0 Å². The number of benzene rings is 3. The summed E-state index contributed by atoms with van der Waals surface area (Å²) >= 11 is 0. The first-order chi connectivity index (χ1) is 18.5. The van der Waals surface area contributed by atoms with Gasteiger partial charge in [0.2, 0.25) is 0 Å². The first-order valence-corrected chi connectivity index (χ1v) is 12.6. The maximum absolute atomic E-state index is 15.4. The lowest BCUT2D eigenvalue weighted by Crippen LogP contribution is -2.19. The van der Waals surface area contributed by atoms with Crippen molar-refractivity contribution >= 4 is 26.7 Å². The van der Waals surface area contributed by atoms with Gasteiger partial charge in [0.05, 0.1) is 28.8 Å². The molecule has 200 valence electrons. The molecule has 5 rings (SSSR count). The number of fused-ring (bicyclic) bond motifs is 1. The highest BCUT2D eigenvalue weighted by Crippen LogP contribution is 2.40. The Labute approximate surface area is 218 Å². The van der Waals surface area contributed by atoms with Crippen molar-refractivity contribution in [2.75, 3.05) is 11.8 Å². The molecule has 0 spiro atoms. The zero-order valence-electron chi connectivity index (χ0n) is 19.9. The van der Waals surface area contributed by atoms with Crippen LogP contribution in [-0.2, 0) is 16.2 Å². The molecule has 39 heavy (non-hydrogen) atoms. The number of hydrogen-bond acceptors (Lipinski definition) is 6. The van der Waals surface area contributed by atoms with Crippen LogP contribution in [0.1, 0.15) is 5.56 Å². The van der Waals surface area contributed by atoms with E-state index in [9.17, 15) is 26.4 Å². The van der Waals surface area contributed by atoms with Gasteiger partial charge in [-0.05, 0) is 42.0 Å². The molecular weight excluding hydrogens is 542 g/mol. The number of ether oxygens (including phenoxy) is 1. The molecule has 0 atom stereocenters. The number of nitrogens with one attached hydrogen (secondary N) is 1. The molecule has 2 aromatic heterocycles. The lowest BCUT2D eigenvalue weighted by molar-refractivity contribution is -0.137. The number of hydrogen-bond donors (Lipinski definition) is 1. The molecule has 5 aromatic rings. The molecule has 3 aromatic carbocycles. The third kappa shape index (κ3) is 4.83. The maximum atomic E-state index is 15.4. The lowest BCUT2D eigenvalue weighted by atomic mass is 9.98. The third-order valence-electron chi connectivity index (χ3n) is 5.88. The van der Waals surface area contributed by atoms with Crippen molar-refractivity contribution in [3.63, 3.8) is 0 Å². The lowest BCUT2D eigenvalue weighted by Gasteiger charge is -2.18. The monoisotopic (exact) mass is 559 g/mol. The normalized spacial score (nSPS) is 12.0. The summed E-state index contributed by atoms with van der Waals surface area (Å²) in [4.78, 5) is 12.8. The molecule has 0 amide bonds. The Morgan fingerprint density at radius 3 is 2.44 bits per heavy atom. The maximum Gasteiger partial charge on any atom is 0.417 e. The molecule has 0 bridgehead atoms. The Morgan fingerprint density at radius 2 is 1.74 bits per heavy atom. The van der Waals surface area contributed by atoms with Gasteiger partial charge in [0.15, 0.2) is 5.82 Å². The first kappa shape index (κ1) is 26.0. The van der Waals surface area contributed by atoms with Gasteiger partial charge >= 0.3 is 6.18 Å². The fourth-order valence-corrected chi connectivity index (χ4v) is 5.18. The number of aromatic nitrogens is 2. The summed E-state index contributed by atoms with van der Waals surface area (Å²) in [5, 5.41) is 3.80. The Balaban J connectivity index is 1.66. The molecule has 1 N–H and O–H groups in total. The van der Waals surface area contributed by atoms with Crippen molar-refractivity contribution in [2.45, 2.75) is 11.1 Å². The molecule has 13 heteroatoms. The minimum atomic E-state index is -4.73. The molecule has 8 nitrogen and oxygen atoms in total. The van der Waals surface area contributed by atoms with Crippen molar-refractivity contribution in [1.29, 1.82) is 0 Å². The van der Waals surface area contributed by atoms with Crippen LogP contribution in [-0.4, -0.2) is 25.3 Å². The van der Waals surface area contributed by atoms with Gasteiger partial charge in [0, 0.05) is 29.1 Å². The second-order valence-corrected chi connectivity index (χ2v) is 9.95. The molecule has 2 heterocycles. The number of methoxy groups -OCH3 is 1. The van der Waals surface area contributed by atoms with E-state index >= 15 is 4.39 Å². The molecule has 0 fully saturated rings. The standard InChI is InChI=1S/C26H17F4N3O5S/c1-37-23-13-18(17-4-2-3-5-19(17)26(28,29)30)20(27)14-22(23)33-21-8-7-16(12-15(21)6-9-25(33)34)39(35,36)32-24-10-11-38-31-24/h2-14H,1H3,(H,31,32). The van der Waals surface area contributed by atoms with Crippen molar-refractivity contribution in [3.8, 4) is 22.6 Å². The number of sulfonamides is 1. The van der Waals surface area contributed by atoms with Gasteiger partial charge in [0.1, 0.15) is 17.8 Å². The van der Waals surface area contributed by atoms with Gasteiger partial charge in [0.25, 0.3) is 15.6 Å². The van der Waals surface area contributed by atoms with E-state index in [2.05, 4.69) is 14.4 Å². The quantitative estimate of drug-likeness (QED) is 0.271. The topological polar surface area (TPSA) is 103 Å². The molecule has 0 radical (unpaired) electrons. The average Bonchev–Trinajstić information content (AvgIpc) is 3.40. The van der Waals surface area contributed by atoms with Crippen LogP contribution in [0.5, 0.6) is 5.75 Å². The number of pyridine rings is 1. The minimum absolute atomic E-state index is 0.0348. The van der Waals surface area contributed by atoms with E-state index in [4.69, 9.17) is 4.74 Å². The van der Waals surface area contributed by atoms with Crippen molar-refractivity contribution in [2.24, 2.45) is 0 Å². The summed E-state index contributed by atoms with van der Waals surface area (Å²) in [6.45, 7) is 0. The summed E-state index contributed by atoms with van der Waals surface area (Å²) in [5.41, 5.74) is -2.30. The van der Waals surface area contributed by atoms with Gasteiger partial charge in [-0.1, -0.05) is 23.4 Å². The zero-order chi connectivity index (χ0) is 27.9. The number of rotatable bonds is 6. The summed E-state index contributed by atoms with van der Waals surface area (Å²) in [7, 11) is -2.84. The first-order valence-electron chi connectivity index (χ1n) is 11.1. The Kier molecular flexibility index (Phi) is 6.38. The number of halogens is 4. The van der Waals surface area contributed by atoms with Gasteiger partial charge in [-0.15, -0.1) is 0 Å². The highest BCUT2D eigenvalue weighted by Gasteiger charge is 2.34. The van der Waals surface area contributed by atoms with E-state index in [1.54, 1.807) is 0 Å². The van der Waals surface area contributed by atoms with E-state index in [1.165, 1.54) is 55.8 Å². The summed E-state index contributed by atoms with van der Waals surface area (Å²) in [5.74, 6) is -1.14. The molecular formula is C26H17F4N3O5S. The fraction of sp³-hybridized carbons (Fsp3) is 0.0769. The zero-order valence-corrected chi connectivity index (χ0v) is 20.7. The predicted molar refractivity (Wildman–Crippen MR) is 134 cm³/mol. The number of anilines is 1. The summed E-state index contributed by atoms with van der Waals surface area (Å²) in [6.07, 6.45) is -3.54. The van der Waals surface area contributed by atoms with Crippen LogP contribution in [0.4, 0.5) is 23.4 Å². The van der Waals surface area contributed by atoms with E-state index < -0.39 is 38.7 Å². The van der Waals surface area contributed by atoms with Gasteiger partial charge in [-0.2, -0.15) is 13.2 Å². The van der Waals surface area contributed by atoms with Crippen molar-refractivity contribution in [1.82, 2.24) is 9.72 Å². The highest BCUT2D eigenvalue weighted by molar-refractivity contribution is 7.92. The molecule has 0 aliphatic carbocycles. The second kappa shape index (κ2) is 9.58. The average molecular weight is 559 g/mol. The Bertz CT molecular complexity index is 1870. The van der Waals surface area contributed by atoms with Crippen LogP contribution in [0, 0.1) is 5.82 Å². The van der Waals surface area contributed by atoms with Gasteiger partial charge in [-0.3, -0.25) is 14.1 Å². The van der Waals surface area contributed by atoms with E-state index in [-0.39, 0.29) is 33.2 Å². The summed E-state index contributed by atoms with van der Waals surface area (Å²) in [6, 6.07) is 14.2. The van der Waals surface area contributed by atoms with Crippen molar-refractivity contribution in [3.05, 3.63) is 101 Å². The smallest absolute Gasteiger partial charge is 0.417 e. The second-order valence-electron chi connectivity index (χ2n) is 8.27. The van der Waals surface area contributed by atoms with Gasteiger partial charge < -0.3 is 9.26 Å². The SMILES string of the molecule is COc1cc(-c2ccccc2C(F)(F)F)c(F)cc1-n1c(=O)ccc2cc(S(=O)(=O)Nc3ccon3)ccc21. The van der Waals surface area contributed by atoms with Gasteiger partial charge in [-0.25, -0.2) is 12.8 Å². The molecule has 0 unspecified atom stereocenters. The van der Waals surface area contributed by atoms with Crippen molar-refractivity contribution < 1.29 is 35.2 Å². The van der Waals surface area contributed by atoms with Crippen LogP contribution in [0.2, 0.25) is 0 Å². The third-order valence-corrected chi connectivity index (χ3v) is 7.24. The van der Waals surface area contributed by atoms with Crippen LogP contribution < -0.4 is 15.0 Å². The Hall–Kier alpha value is -4.65. The molecule has 0 saturated heterocycles. The number of alkyl halides is 3. The Morgan fingerprint density at radius 1 is 0.974 bits per heavy atom. The minimum Gasteiger partial charge on any atom is -0.495 e. The summed E-state index contributed by atoms with van der Waals surface area (Å²) < 4.78 is 95.0. The predicted octanol–water partition coefficient (Wildman–Crippen LogP) is 5.61. The van der Waals surface area contributed by atoms with Crippen LogP contribution in [0.15, 0.2) is 93.3 Å². The molecule has 0 saturated carbocycles. The molecule has 0 aliphatic heterocycles. The van der Waals surface area contributed by atoms with E-state index in [0.717, 1.165) is 34.9 Å². The van der Waals surface area contributed by atoms with E-state index in [0.29, 0.717) is 5.39 Å². The van der Waals surface area contributed by atoms with Crippen LogP contribution in [0.25, 0.3) is 27.7 Å². The fourth-order valence-electron chi connectivity index (χ4n) is 4.15. The molecule has 0 aliphatic rings. The highest BCUT2D eigenvalue weighted by atomic mass is 32.2. The van der Waals surface area contributed by atoms with E-state index in [1.807, 2.05) is 0 Å². The largest absolute Gasteiger partial charge is 0.495 e. The van der Waals surface area contributed by atoms with Crippen LogP contribution in [0.3, 0.4) is 0 Å².